The molecule has 4 atom stereocenters. The van der Waals surface area contributed by atoms with Crippen molar-refractivity contribution in [3.63, 3.8) is 0 Å². The summed E-state index contributed by atoms with van der Waals surface area (Å²) in [6.45, 7) is 7.70. The van der Waals surface area contributed by atoms with Crippen LogP contribution in [0.4, 0.5) is 0 Å². The summed E-state index contributed by atoms with van der Waals surface area (Å²) in [6, 6.07) is -0.217. The molecule has 1 aliphatic heterocycles. The lowest BCUT2D eigenvalue weighted by atomic mass is 9.74. The predicted octanol–water partition coefficient (Wildman–Crippen LogP) is 0.633. The van der Waals surface area contributed by atoms with E-state index in [1.54, 1.807) is 14.0 Å². The Bertz CT molecular complexity index is 404. The van der Waals surface area contributed by atoms with Crippen LogP contribution in [0.15, 0.2) is 24.0 Å². The lowest BCUT2D eigenvalue weighted by molar-refractivity contribution is -0.118. The van der Waals surface area contributed by atoms with Crippen molar-refractivity contribution in [2.75, 3.05) is 7.11 Å². The zero-order valence-electron chi connectivity index (χ0n) is 11.2. The summed E-state index contributed by atoms with van der Waals surface area (Å²) in [5.74, 6) is 0.790. The van der Waals surface area contributed by atoms with E-state index < -0.39 is 13.2 Å². The lowest BCUT2D eigenvalue weighted by Crippen LogP contribution is -2.52. The van der Waals surface area contributed by atoms with E-state index in [0.29, 0.717) is 0 Å². The third kappa shape index (κ3) is 3.34. The first-order valence-corrected chi connectivity index (χ1v) is 7.44. The van der Waals surface area contributed by atoms with Crippen LogP contribution in [0.1, 0.15) is 13.8 Å². The second-order valence-corrected chi connectivity index (χ2v) is 6.34. The standard InChI is InChI=1S/C11H20BO5P/c1-7-8(2)11(3,5-6-18(13,14)15)17-10(12)9(7)16-4/h5-6,8-10H,1,12H2,2-4H3,(H2,13,14,15)/b6-5+/t8-,9+,10?,11+/m0/s1. The van der Waals surface area contributed by atoms with Crippen molar-refractivity contribution in [2.24, 2.45) is 5.92 Å². The van der Waals surface area contributed by atoms with Crippen LogP contribution in [0.25, 0.3) is 0 Å². The van der Waals surface area contributed by atoms with E-state index in [2.05, 4.69) is 6.58 Å². The number of hydrogen-bond donors (Lipinski definition) is 2. The van der Waals surface area contributed by atoms with Gasteiger partial charge in [-0.05, 0) is 18.6 Å². The Morgan fingerprint density at radius 3 is 2.61 bits per heavy atom. The Balaban J connectivity index is 3.00. The second-order valence-electron chi connectivity index (χ2n) is 4.86. The van der Waals surface area contributed by atoms with E-state index in [4.69, 9.17) is 19.3 Å². The van der Waals surface area contributed by atoms with Crippen LogP contribution in [0, 0.1) is 5.92 Å². The SMILES string of the molecule is BC1O[C@](C)(/C=C/P(=O)(O)O)[C@@H](C)C(=C)[C@H]1OC. The van der Waals surface area contributed by atoms with Gasteiger partial charge in [0.1, 0.15) is 7.85 Å². The van der Waals surface area contributed by atoms with Crippen LogP contribution in [0.5, 0.6) is 0 Å². The Morgan fingerprint density at radius 2 is 2.17 bits per heavy atom. The highest BCUT2D eigenvalue weighted by Gasteiger charge is 2.43. The molecule has 0 aliphatic carbocycles. The van der Waals surface area contributed by atoms with Crippen LogP contribution in [-0.2, 0) is 14.0 Å². The Kier molecular flexibility index (Phi) is 4.63. The molecule has 0 aromatic rings. The fraction of sp³-hybridized carbons (Fsp3) is 0.636. The van der Waals surface area contributed by atoms with Gasteiger partial charge in [0, 0.05) is 18.8 Å². The molecule has 0 amide bonds. The molecule has 0 aromatic carbocycles. The van der Waals surface area contributed by atoms with Crippen LogP contribution in [0.3, 0.4) is 0 Å². The molecular formula is C11H20BO5P. The van der Waals surface area contributed by atoms with Gasteiger partial charge in [-0.15, -0.1) is 0 Å². The molecule has 0 saturated carbocycles. The van der Waals surface area contributed by atoms with E-state index in [1.807, 2.05) is 14.8 Å². The molecule has 5 nitrogen and oxygen atoms in total. The molecule has 2 N–H and O–H groups in total. The predicted molar refractivity (Wildman–Crippen MR) is 72.1 cm³/mol. The van der Waals surface area contributed by atoms with E-state index in [0.717, 1.165) is 11.4 Å². The average molecular weight is 274 g/mol. The minimum atomic E-state index is -4.18. The van der Waals surface area contributed by atoms with E-state index in [-0.39, 0.29) is 18.0 Å². The molecule has 0 spiro atoms. The normalized spacial score (nSPS) is 38.3. The summed E-state index contributed by atoms with van der Waals surface area (Å²) in [5, 5.41) is 0. The summed E-state index contributed by atoms with van der Waals surface area (Å²) < 4.78 is 22.1. The minimum Gasteiger partial charge on any atom is -0.375 e. The van der Waals surface area contributed by atoms with Crippen molar-refractivity contribution in [1.82, 2.24) is 0 Å². The van der Waals surface area contributed by atoms with Crippen molar-refractivity contribution >= 4 is 15.4 Å². The van der Waals surface area contributed by atoms with Gasteiger partial charge in [-0.3, -0.25) is 4.57 Å². The highest BCUT2D eigenvalue weighted by molar-refractivity contribution is 7.55. The zero-order chi connectivity index (χ0) is 14.1. The molecule has 0 radical (unpaired) electrons. The fourth-order valence-electron chi connectivity index (χ4n) is 2.25. The number of methoxy groups -OCH3 is 1. The Morgan fingerprint density at radius 1 is 1.61 bits per heavy atom. The molecule has 0 aromatic heterocycles. The van der Waals surface area contributed by atoms with Gasteiger partial charge in [0.15, 0.2) is 0 Å². The van der Waals surface area contributed by atoms with Gasteiger partial charge < -0.3 is 19.3 Å². The molecule has 1 fully saturated rings. The Hall–Kier alpha value is -0.385. The van der Waals surface area contributed by atoms with Crippen LogP contribution >= 0.6 is 7.60 Å². The average Bonchev–Trinajstić information content (AvgIpc) is 2.23. The smallest absolute Gasteiger partial charge is 0.348 e. The van der Waals surface area contributed by atoms with E-state index in [9.17, 15) is 4.57 Å². The number of hydrogen-bond acceptors (Lipinski definition) is 3. The van der Waals surface area contributed by atoms with Gasteiger partial charge in [0.05, 0.1) is 17.7 Å². The molecule has 1 heterocycles. The minimum absolute atomic E-state index is 0.0959. The third-order valence-electron chi connectivity index (χ3n) is 3.50. The van der Waals surface area contributed by atoms with Gasteiger partial charge in [0.25, 0.3) is 0 Å². The summed E-state index contributed by atoms with van der Waals surface area (Å²) in [7, 11) is -0.735. The van der Waals surface area contributed by atoms with Gasteiger partial charge in [-0.1, -0.05) is 13.5 Å². The van der Waals surface area contributed by atoms with Gasteiger partial charge in [-0.25, -0.2) is 0 Å². The molecule has 1 rings (SSSR count). The molecule has 1 unspecified atom stereocenters. The summed E-state index contributed by atoms with van der Waals surface area (Å²) in [5.41, 5.74) is 0.0845. The van der Waals surface area contributed by atoms with Gasteiger partial charge in [-0.2, -0.15) is 0 Å². The monoisotopic (exact) mass is 274 g/mol. The summed E-state index contributed by atoms with van der Waals surface area (Å²) in [4.78, 5) is 17.8. The van der Waals surface area contributed by atoms with Gasteiger partial charge in [0.2, 0.25) is 0 Å². The topological polar surface area (TPSA) is 76.0 Å². The van der Waals surface area contributed by atoms with Crippen LogP contribution in [-0.4, -0.2) is 42.5 Å². The maximum absolute atomic E-state index is 10.9. The van der Waals surface area contributed by atoms with E-state index >= 15 is 0 Å². The highest BCUT2D eigenvalue weighted by atomic mass is 31.2. The first-order valence-electron chi connectivity index (χ1n) is 5.75. The van der Waals surface area contributed by atoms with Crippen LogP contribution in [0.2, 0.25) is 0 Å². The summed E-state index contributed by atoms with van der Waals surface area (Å²) >= 11 is 0. The first-order chi connectivity index (χ1) is 8.10. The fourth-order valence-corrected chi connectivity index (χ4v) is 2.74. The summed E-state index contributed by atoms with van der Waals surface area (Å²) in [6.07, 6.45) is 1.22. The molecule has 0 bridgehead atoms. The van der Waals surface area contributed by atoms with Crippen molar-refractivity contribution in [3.05, 3.63) is 24.0 Å². The maximum Gasteiger partial charge on any atom is 0.348 e. The van der Waals surface area contributed by atoms with E-state index in [1.165, 1.54) is 6.08 Å². The molecular weight excluding hydrogens is 254 g/mol. The third-order valence-corrected chi connectivity index (χ3v) is 4.04. The zero-order valence-corrected chi connectivity index (χ0v) is 12.1. The van der Waals surface area contributed by atoms with Crippen molar-refractivity contribution in [3.8, 4) is 0 Å². The molecule has 1 saturated heterocycles. The molecule has 18 heavy (non-hydrogen) atoms. The highest BCUT2D eigenvalue weighted by Crippen LogP contribution is 2.42. The number of ether oxygens (including phenoxy) is 2. The van der Waals surface area contributed by atoms with Crippen molar-refractivity contribution in [1.29, 1.82) is 0 Å². The molecule has 7 heteroatoms. The lowest BCUT2D eigenvalue weighted by Gasteiger charge is -2.46. The molecule has 102 valence electrons. The molecule has 1 aliphatic rings. The maximum atomic E-state index is 10.9. The quantitative estimate of drug-likeness (QED) is 0.448. The second kappa shape index (κ2) is 5.31. The van der Waals surface area contributed by atoms with Crippen molar-refractivity contribution < 1.29 is 23.8 Å². The first kappa shape index (κ1) is 15.7. The van der Waals surface area contributed by atoms with Gasteiger partial charge >= 0.3 is 7.60 Å². The largest absolute Gasteiger partial charge is 0.375 e. The Labute approximate surface area is 108 Å². The number of rotatable bonds is 3. The van der Waals surface area contributed by atoms with Crippen LogP contribution < -0.4 is 0 Å². The van der Waals surface area contributed by atoms with Crippen molar-refractivity contribution in [2.45, 2.75) is 31.6 Å².